The monoisotopic (exact) mass is 619 g/mol. The highest BCUT2D eigenvalue weighted by molar-refractivity contribution is 7.90. The van der Waals surface area contributed by atoms with Crippen LogP contribution in [0, 0.1) is 30.0 Å². The van der Waals surface area contributed by atoms with Crippen LogP contribution in [-0.2, 0) is 19.6 Å². The molecule has 0 aliphatic carbocycles. The number of anilines is 1. The highest BCUT2D eigenvalue weighted by atomic mass is 35.5. The van der Waals surface area contributed by atoms with Gasteiger partial charge in [-0.1, -0.05) is 41.4 Å². The van der Waals surface area contributed by atoms with Crippen LogP contribution in [0.1, 0.15) is 10.4 Å². The minimum absolute atomic E-state index is 0.0453. The number of halogens is 2. The maximum atomic E-state index is 15.0. The minimum atomic E-state index is -4.25. The van der Waals surface area contributed by atoms with Gasteiger partial charge < -0.3 is 9.64 Å². The average molecular weight is 620 g/mol. The highest BCUT2D eigenvalue weighted by Crippen LogP contribution is 2.46. The van der Waals surface area contributed by atoms with E-state index in [0.29, 0.717) is 40.0 Å². The first-order valence-electron chi connectivity index (χ1n) is 12.9. The molecule has 0 bridgehead atoms. The number of aromatic nitrogens is 1. The third-order valence-electron chi connectivity index (χ3n) is 7.46. The molecule has 1 fully saturated rings. The lowest BCUT2D eigenvalue weighted by Gasteiger charge is -2.39. The Kier molecular flexibility index (Phi) is 7.05. The number of carbonyl (C=O) groups excluding carboxylic acids is 1. The summed E-state index contributed by atoms with van der Waals surface area (Å²) in [5.74, 6) is -1.25. The molecule has 11 heteroatoms. The molecule has 1 saturated heterocycles. The van der Waals surface area contributed by atoms with Crippen molar-refractivity contribution in [3.63, 3.8) is 0 Å². The topological polar surface area (TPSA) is 92.4 Å². The summed E-state index contributed by atoms with van der Waals surface area (Å²) in [5, 5.41) is 11.7. The standard InChI is InChI=1S/C31H23ClFN3O4S2/c1-18-6-8-22(9-7-18)42(38,39)36-27-14-25(32)26(33)13-24(27)29(23-10-11-41-28(23)15-34)30(36)19-4-3-5-21(12-19)35-16-20(17-35)31(37)40-2/h3-14,20H,16-17H2,1-2H3. The summed E-state index contributed by atoms with van der Waals surface area (Å²) in [5.41, 5.74) is 3.54. The lowest BCUT2D eigenvalue weighted by atomic mass is 9.96. The Bertz CT molecular complexity index is 2020. The van der Waals surface area contributed by atoms with Gasteiger partial charge in [0, 0.05) is 40.9 Å². The van der Waals surface area contributed by atoms with E-state index in [1.165, 1.54) is 46.7 Å². The first-order chi connectivity index (χ1) is 20.1. The van der Waals surface area contributed by atoms with Crippen molar-refractivity contribution in [2.45, 2.75) is 11.8 Å². The molecule has 0 saturated carbocycles. The smallest absolute Gasteiger partial charge is 0.312 e. The Morgan fingerprint density at radius 3 is 2.55 bits per heavy atom. The van der Waals surface area contributed by atoms with Crippen LogP contribution in [0.15, 0.2) is 77.0 Å². The Morgan fingerprint density at radius 1 is 1.12 bits per heavy atom. The van der Waals surface area contributed by atoms with Crippen LogP contribution in [0.2, 0.25) is 5.02 Å². The number of benzene rings is 3. The van der Waals surface area contributed by atoms with Crippen molar-refractivity contribution in [3.8, 4) is 28.5 Å². The highest BCUT2D eigenvalue weighted by Gasteiger charge is 2.35. The summed E-state index contributed by atoms with van der Waals surface area (Å²) in [4.78, 5) is 14.4. The van der Waals surface area contributed by atoms with Gasteiger partial charge in [0.2, 0.25) is 0 Å². The molecule has 0 spiro atoms. The number of ether oxygens (including phenoxy) is 1. The van der Waals surface area contributed by atoms with E-state index in [1.807, 2.05) is 24.0 Å². The van der Waals surface area contributed by atoms with Gasteiger partial charge in [-0.3, -0.25) is 4.79 Å². The van der Waals surface area contributed by atoms with Crippen LogP contribution in [-0.4, -0.2) is 38.6 Å². The van der Waals surface area contributed by atoms with Crippen LogP contribution in [0.5, 0.6) is 0 Å². The zero-order chi connectivity index (χ0) is 29.8. The van der Waals surface area contributed by atoms with E-state index < -0.39 is 15.8 Å². The summed E-state index contributed by atoms with van der Waals surface area (Å²) >= 11 is 7.45. The van der Waals surface area contributed by atoms with E-state index in [0.717, 1.165) is 11.3 Å². The molecule has 0 unspecified atom stereocenters. The van der Waals surface area contributed by atoms with Crippen molar-refractivity contribution in [1.29, 1.82) is 5.26 Å². The number of rotatable bonds is 6. The molecular weight excluding hydrogens is 597 g/mol. The van der Waals surface area contributed by atoms with Gasteiger partial charge in [-0.15, -0.1) is 11.3 Å². The molecule has 1 aliphatic heterocycles. The number of nitriles is 1. The van der Waals surface area contributed by atoms with Crippen LogP contribution < -0.4 is 4.90 Å². The predicted molar refractivity (Wildman–Crippen MR) is 162 cm³/mol. The molecule has 0 N–H and O–H groups in total. The molecule has 3 heterocycles. The normalized spacial score (nSPS) is 13.6. The summed E-state index contributed by atoms with van der Waals surface area (Å²) in [6, 6.07) is 20.2. The van der Waals surface area contributed by atoms with Crippen LogP contribution in [0.4, 0.5) is 10.1 Å². The molecule has 0 amide bonds. The quantitative estimate of drug-likeness (QED) is 0.193. The molecule has 5 aromatic rings. The second-order valence-corrected chi connectivity index (χ2v) is 13.2. The van der Waals surface area contributed by atoms with E-state index in [-0.39, 0.29) is 33.0 Å². The number of hydrogen-bond acceptors (Lipinski definition) is 7. The summed E-state index contributed by atoms with van der Waals surface area (Å²) < 4.78 is 49.9. The number of hydrogen-bond donors (Lipinski definition) is 0. The summed E-state index contributed by atoms with van der Waals surface area (Å²) in [6.45, 7) is 2.77. The first kappa shape index (κ1) is 28.0. The van der Waals surface area contributed by atoms with E-state index in [2.05, 4.69) is 6.07 Å². The fourth-order valence-corrected chi connectivity index (χ4v) is 7.69. The van der Waals surface area contributed by atoms with Crippen molar-refractivity contribution in [3.05, 3.63) is 93.4 Å². The largest absolute Gasteiger partial charge is 0.469 e. The van der Waals surface area contributed by atoms with Gasteiger partial charge in [0.25, 0.3) is 10.0 Å². The molecule has 212 valence electrons. The van der Waals surface area contributed by atoms with Crippen molar-refractivity contribution >= 4 is 55.5 Å². The van der Waals surface area contributed by atoms with Gasteiger partial charge in [-0.25, -0.2) is 16.8 Å². The third-order valence-corrected chi connectivity index (χ3v) is 10.3. The maximum Gasteiger partial charge on any atom is 0.312 e. The molecule has 6 rings (SSSR count). The van der Waals surface area contributed by atoms with Crippen molar-refractivity contribution in [2.24, 2.45) is 5.92 Å². The third kappa shape index (κ3) is 4.54. The van der Waals surface area contributed by atoms with Crippen molar-refractivity contribution < 1.29 is 22.3 Å². The maximum absolute atomic E-state index is 15.0. The fourth-order valence-electron chi connectivity index (χ4n) is 5.30. The lowest BCUT2D eigenvalue weighted by Crippen LogP contribution is -2.50. The number of aryl methyl sites for hydroxylation is 1. The second-order valence-electron chi connectivity index (χ2n) is 10.0. The molecular formula is C31H23ClFN3O4S2. The second kappa shape index (κ2) is 10.6. The summed E-state index contributed by atoms with van der Waals surface area (Å²) in [6.07, 6.45) is 0. The van der Waals surface area contributed by atoms with Crippen LogP contribution >= 0.6 is 22.9 Å². The zero-order valence-electron chi connectivity index (χ0n) is 22.5. The number of esters is 1. The molecule has 3 aromatic carbocycles. The van der Waals surface area contributed by atoms with Crippen molar-refractivity contribution in [2.75, 3.05) is 25.1 Å². The van der Waals surface area contributed by atoms with E-state index >= 15 is 4.39 Å². The van der Waals surface area contributed by atoms with Gasteiger partial charge in [0.15, 0.2) is 0 Å². The van der Waals surface area contributed by atoms with E-state index in [9.17, 15) is 18.5 Å². The van der Waals surface area contributed by atoms with Gasteiger partial charge in [-0.05, 0) is 54.8 Å². The summed E-state index contributed by atoms with van der Waals surface area (Å²) in [7, 11) is -2.89. The Balaban J connectivity index is 1.67. The van der Waals surface area contributed by atoms with Gasteiger partial charge in [0.05, 0.1) is 34.2 Å². The van der Waals surface area contributed by atoms with E-state index in [1.54, 1.807) is 35.7 Å². The van der Waals surface area contributed by atoms with Crippen LogP contribution in [0.25, 0.3) is 33.3 Å². The Morgan fingerprint density at radius 2 is 1.86 bits per heavy atom. The van der Waals surface area contributed by atoms with Crippen molar-refractivity contribution in [1.82, 2.24) is 3.97 Å². The van der Waals surface area contributed by atoms with Gasteiger partial charge in [-0.2, -0.15) is 5.26 Å². The van der Waals surface area contributed by atoms with Crippen LogP contribution in [0.3, 0.4) is 0 Å². The number of fused-ring (bicyclic) bond motifs is 1. The molecule has 7 nitrogen and oxygen atoms in total. The molecule has 1 aliphatic rings. The minimum Gasteiger partial charge on any atom is -0.469 e. The number of nitrogens with zero attached hydrogens (tertiary/aromatic N) is 3. The van der Waals surface area contributed by atoms with E-state index in [4.69, 9.17) is 16.3 Å². The SMILES string of the molecule is COC(=O)C1CN(c2cccc(-c3c(-c4ccsc4C#N)c4cc(F)c(Cl)cc4n3S(=O)(=O)c3ccc(C)cc3)c2)C1. The molecule has 0 radical (unpaired) electrons. The zero-order valence-corrected chi connectivity index (χ0v) is 24.9. The molecule has 42 heavy (non-hydrogen) atoms. The number of thiophene rings is 1. The van der Waals surface area contributed by atoms with Gasteiger partial charge >= 0.3 is 5.97 Å². The average Bonchev–Trinajstić information content (AvgIpc) is 3.55. The lowest BCUT2D eigenvalue weighted by molar-refractivity contribution is -0.146. The number of carbonyl (C=O) groups is 1. The number of methoxy groups -OCH3 is 1. The Labute approximate surface area is 251 Å². The fraction of sp³-hybridized carbons (Fsp3) is 0.161. The molecule has 2 aromatic heterocycles. The predicted octanol–water partition coefficient (Wildman–Crippen LogP) is 6.86. The Hall–Kier alpha value is -4.17. The first-order valence-corrected chi connectivity index (χ1v) is 15.6. The molecule has 0 atom stereocenters. The van der Waals surface area contributed by atoms with Gasteiger partial charge in [0.1, 0.15) is 16.8 Å².